The summed E-state index contributed by atoms with van der Waals surface area (Å²) >= 11 is 0. The van der Waals surface area contributed by atoms with Gasteiger partial charge in [-0.2, -0.15) is 0 Å². The molecule has 0 saturated heterocycles. The zero-order valence-corrected chi connectivity index (χ0v) is 13.8. The van der Waals surface area contributed by atoms with Crippen molar-refractivity contribution in [3.8, 4) is 5.75 Å². The second-order valence-electron chi connectivity index (χ2n) is 6.82. The first-order valence-corrected chi connectivity index (χ1v) is 7.34. The molecule has 0 fully saturated rings. The molecule has 2 nitrogen and oxygen atoms in total. The minimum atomic E-state index is 0.0822. The van der Waals surface area contributed by atoms with Gasteiger partial charge in [0.05, 0.1) is 0 Å². The van der Waals surface area contributed by atoms with E-state index in [1.54, 1.807) is 0 Å². The zero-order chi connectivity index (χ0) is 15.3. The molecule has 2 heteroatoms. The van der Waals surface area contributed by atoms with Crippen LogP contribution < -0.4 is 10.1 Å². The maximum absolute atomic E-state index is 5.97. The Kier molecular flexibility index (Phi) is 5.82. The molecule has 1 N–H and O–H groups in total. The van der Waals surface area contributed by atoms with E-state index in [2.05, 4.69) is 71.6 Å². The van der Waals surface area contributed by atoms with Crippen LogP contribution in [-0.2, 0) is 5.41 Å². The van der Waals surface area contributed by atoms with Gasteiger partial charge >= 0.3 is 0 Å². The largest absolute Gasteiger partial charge is 0.489 e. The lowest BCUT2D eigenvalue weighted by molar-refractivity contribution is 0.336. The van der Waals surface area contributed by atoms with E-state index in [-0.39, 0.29) is 5.41 Å². The summed E-state index contributed by atoms with van der Waals surface area (Å²) in [7, 11) is 0. The summed E-state index contributed by atoms with van der Waals surface area (Å²) in [6.45, 7) is 18.4. The molecule has 1 aromatic carbocycles. The van der Waals surface area contributed by atoms with E-state index in [0.717, 1.165) is 17.9 Å². The van der Waals surface area contributed by atoms with Gasteiger partial charge in [-0.15, -0.1) is 0 Å². The van der Waals surface area contributed by atoms with Crippen molar-refractivity contribution in [3.05, 3.63) is 41.5 Å². The van der Waals surface area contributed by atoms with Gasteiger partial charge in [0.25, 0.3) is 0 Å². The van der Waals surface area contributed by atoms with E-state index in [1.165, 1.54) is 11.1 Å². The molecule has 1 aromatic rings. The molecule has 0 bridgehead atoms. The molecular weight excluding hydrogens is 246 g/mol. The normalized spacial score (nSPS) is 11.8. The second-order valence-corrected chi connectivity index (χ2v) is 6.82. The highest BCUT2D eigenvalue weighted by Gasteiger charge is 2.19. The minimum Gasteiger partial charge on any atom is -0.489 e. The van der Waals surface area contributed by atoms with Gasteiger partial charge < -0.3 is 10.1 Å². The van der Waals surface area contributed by atoms with E-state index in [1.807, 2.05) is 0 Å². The molecule has 0 aliphatic carbocycles. The summed E-state index contributed by atoms with van der Waals surface area (Å²) in [6.07, 6.45) is 0. The van der Waals surface area contributed by atoms with E-state index in [0.29, 0.717) is 12.6 Å². The standard InChI is InChI=1S/C18H29NO/c1-13(2)19-11-15(4)12-20-17-9-8-14(3)10-16(17)18(5,6)7/h8-10,13,19H,4,11-12H2,1-3,5-7H3. The van der Waals surface area contributed by atoms with Gasteiger partial charge in [-0.25, -0.2) is 0 Å². The van der Waals surface area contributed by atoms with Crippen LogP contribution in [0.2, 0.25) is 0 Å². The molecule has 0 aliphatic rings. The molecule has 0 amide bonds. The number of hydrogen-bond donors (Lipinski definition) is 1. The summed E-state index contributed by atoms with van der Waals surface area (Å²) in [4.78, 5) is 0. The molecule has 0 atom stereocenters. The number of benzene rings is 1. The van der Waals surface area contributed by atoms with Gasteiger partial charge in [0.15, 0.2) is 0 Å². The van der Waals surface area contributed by atoms with Gasteiger partial charge in [0, 0.05) is 12.6 Å². The number of nitrogens with one attached hydrogen (secondary N) is 1. The monoisotopic (exact) mass is 275 g/mol. The minimum absolute atomic E-state index is 0.0822. The molecule has 0 heterocycles. The van der Waals surface area contributed by atoms with Crippen LogP contribution in [0.15, 0.2) is 30.4 Å². The van der Waals surface area contributed by atoms with E-state index in [4.69, 9.17) is 4.74 Å². The van der Waals surface area contributed by atoms with Crippen LogP contribution in [0.25, 0.3) is 0 Å². The first-order chi connectivity index (χ1) is 9.20. The van der Waals surface area contributed by atoms with Crippen molar-refractivity contribution in [2.75, 3.05) is 13.2 Å². The molecule has 1 rings (SSSR count). The van der Waals surface area contributed by atoms with Gasteiger partial charge in [-0.1, -0.05) is 58.9 Å². The van der Waals surface area contributed by atoms with Crippen LogP contribution >= 0.6 is 0 Å². The van der Waals surface area contributed by atoms with Crippen LogP contribution in [0, 0.1) is 6.92 Å². The molecule has 112 valence electrons. The van der Waals surface area contributed by atoms with Crippen LogP contribution in [-0.4, -0.2) is 19.2 Å². The van der Waals surface area contributed by atoms with Crippen molar-refractivity contribution < 1.29 is 4.74 Å². The van der Waals surface area contributed by atoms with Crippen molar-refractivity contribution in [1.29, 1.82) is 0 Å². The highest BCUT2D eigenvalue weighted by molar-refractivity contribution is 5.41. The third-order valence-corrected chi connectivity index (χ3v) is 3.14. The fourth-order valence-corrected chi connectivity index (χ4v) is 1.94. The van der Waals surface area contributed by atoms with Crippen LogP contribution in [0.3, 0.4) is 0 Å². The Hall–Kier alpha value is -1.28. The third kappa shape index (κ3) is 5.38. The highest BCUT2D eigenvalue weighted by atomic mass is 16.5. The average molecular weight is 275 g/mol. The summed E-state index contributed by atoms with van der Waals surface area (Å²) < 4.78 is 5.97. The van der Waals surface area contributed by atoms with Gasteiger partial charge in [0.2, 0.25) is 0 Å². The van der Waals surface area contributed by atoms with Crippen molar-refractivity contribution in [3.63, 3.8) is 0 Å². The maximum atomic E-state index is 5.97. The van der Waals surface area contributed by atoms with E-state index >= 15 is 0 Å². The predicted octanol–water partition coefficient (Wildman–Crippen LogP) is 4.23. The lowest BCUT2D eigenvalue weighted by Crippen LogP contribution is -2.26. The van der Waals surface area contributed by atoms with Crippen molar-refractivity contribution in [2.24, 2.45) is 0 Å². The first kappa shape index (κ1) is 16.8. The van der Waals surface area contributed by atoms with Crippen molar-refractivity contribution >= 4 is 0 Å². The van der Waals surface area contributed by atoms with Crippen LogP contribution in [0.1, 0.15) is 45.7 Å². The lowest BCUT2D eigenvalue weighted by Gasteiger charge is -2.23. The van der Waals surface area contributed by atoms with Crippen LogP contribution in [0.5, 0.6) is 5.75 Å². The van der Waals surface area contributed by atoms with Gasteiger partial charge in [-0.05, 0) is 29.5 Å². The topological polar surface area (TPSA) is 21.3 Å². The smallest absolute Gasteiger partial charge is 0.123 e. The molecule has 0 aromatic heterocycles. The molecule has 0 saturated carbocycles. The second kappa shape index (κ2) is 6.94. The van der Waals surface area contributed by atoms with Crippen molar-refractivity contribution in [2.45, 2.75) is 53.0 Å². The lowest BCUT2D eigenvalue weighted by atomic mass is 9.85. The first-order valence-electron chi connectivity index (χ1n) is 7.34. The third-order valence-electron chi connectivity index (χ3n) is 3.14. The number of ether oxygens (including phenoxy) is 1. The fourth-order valence-electron chi connectivity index (χ4n) is 1.94. The Bertz CT molecular complexity index is 455. The fraction of sp³-hybridized carbons (Fsp3) is 0.556. The Morgan fingerprint density at radius 3 is 2.50 bits per heavy atom. The molecule has 0 radical (unpaired) electrons. The molecular formula is C18H29NO. The number of aryl methyl sites for hydroxylation is 1. The summed E-state index contributed by atoms with van der Waals surface area (Å²) in [5.41, 5.74) is 3.67. The average Bonchev–Trinajstić information content (AvgIpc) is 2.33. The Balaban J connectivity index is 2.71. The SMILES string of the molecule is C=C(CNC(C)C)COc1ccc(C)cc1C(C)(C)C. The Labute approximate surface area is 124 Å². The number of hydrogen-bond acceptors (Lipinski definition) is 2. The molecule has 0 spiro atoms. The molecule has 0 unspecified atom stereocenters. The Morgan fingerprint density at radius 1 is 1.30 bits per heavy atom. The number of rotatable bonds is 6. The van der Waals surface area contributed by atoms with Crippen molar-refractivity contribution in [1.82, 2.24) is 5.32 Å². The quantitative estimate of drug-likeness (QED) is 0.785. The van der Waals surface area contributed by atoms with E-state index in [9.17, 15) is 0 Å². The summed E-state index contributed by atoms with van der Waals surface area (Å²) in [5, 5.41) is 3.36. The predicted molar refractivity (Wildman–Crippen MR) is 87.7 cm³/mol. The maximum Gasteiger partial charge on any atom is 0.123 e. The summed E-state index contributed by atoms with van der Waals surface area (Å²) in [5.74, 6) is 0.966. The molecule has 20 heavy (non-hydrogen) atoms. The highest BCUT2D eigenvalue weighted by Crippen LogP contribution is 2.32. The van der Waals surface area contributed by atoms with Gasteiger partial charge in [-0.3, -0.25) is 0 Å². The Morgan fingerprint density at radius 2 is 1.95 bits per heavy atom. The van der Waals surface area contributed by atoms with E-state index < -0.39 is 0 Å². The summed E-state index contributed by atoms with van der Waals surface area (Å²) in [6, 6.07) is 6.85. The van der Waals surface area contributed by atoms with Crippen LogP contribution in [0.4, 0.5) is 0 Å². The zero-order valence-electron chi connectivity index (χ0n) is 13.8. The van der Waals surface area contributed by atoms with Gasteiger partial charge in [0.1, 0.15) is 12.4 Å². The molecule has 0 aliphatic heterocycles.